The lowest BCUT2D eigenvalue weighted by atomic mass is 10.0. The highest BCUT2D eigenvalue weighted by molar-refractivity contribution is 7.95. The van der Waals surface area contributed by atoms with Gasteiger partial charge in [0.25, 0.3) is 5.52 Å². The van der Waals surface area contributed by atoms with E-state index in [0.29, 0.717) is 0 Å². The number of pyridine rings is 1. The first-order valence-electron chi connectivity index (χ1n) is 11.8. The van der Waals surface area contributed by atoms with E-state index in [9.17, 15) is 0 Å². The topological polar surface area (TPSA) is 3.88 Å². The van der Waals surface area contributed by atoms with Crippen LogP contribution in [0.2, 0.25) is 0 Å². The summed E-state index contributed by atoms with van der Waals surface area (Å²) in [5, 5.41) is 9.46. The Morgan fingerprint density at radius 1 is 0.559 bits per heavy atom. The van der Waals surface area contributed by atoms with Crippen LogP contribution in [0.4, 0.5) is 0 Å². The summed E-state index contributed by atoms with van der Waals surface area (Å²) in [5.41, 5.74) is 3.96. The Hall–Kier alpha value is -3.54. The fourth-order valence-corrected chi connectivity index (χ4v) is 9.06. The minimum Gasteiger partial charge on any atom is -0.190 e. The summed E-state index contributed by atoms with van der Waals surface area (Å²) < 4.78 is 2.46. The molecule has 0 atom stereocenters. The van der Waals surface area contributed by atoms with Gasteiger partial charge >= 0.3 is 0 Å². The van der Waals surface area contributed by atoms with E-state index in [4.69, 9.17) is 0 Å². The molecule has 0 aliphatic rings. The van der Waals surface area contributed by atoms with E-state index in [0.717, 1.165) is 0 Å². The van der Waals surface area contributed by atoms with Crippen molar-refractivity contribution >= 4 is 55.8 Å². The summed E-state index contributed by atoms with van der Waals surface area (Å²) in [7, 11) is 0.380. The van der Waals surface area contributed by atoms with Gasteiger partial charge in [0, 0.05) is 5.39 Å². The van der Waals surface area contributed by atoms with Gasteiger partial charge in [-0.1, -0.05) is 66.7 Å². The molecule has 1 aromatic heterocycles. The van der Waals surface area contributed by atoms with Crippen molar-refractivity contribution in [1.29, 1.82) is 0 Å². The number of aromatic nitrogens is 1. The number of hydrogen-bond donors (Lipinski definition) is 0. The maximum Gasteiger partial charge on any atom is 0.256 e. The Bertz CT molecular complexity index is 1630. The van der Waals surface area contributed by atoms with Crippen LogP contribution in [0.25, 0.3) is 32.6 Å². The molecule has 5 aromatic carbocycles. The Morgan fingerprint density at radius 3 is 1.79 bits per heavy atom. The highest BCUT2D eigenvalue weighted by Crippen LogP contribution is 2.52. The molecule has 34 heavy (non-hydrogen) atoms. The zero-order valence-electron chi connectivity index (χ0n) is 19.9. The Kier molecular flexibility index (Phi) is 4.97. The van der Waals surface area contributed by atoms with E-state index in [1.165, 1.54) is 54.1 Å². The summed E-state index contributed by atoms with van der Waals surface area (Å²) in [6.07, 6.45) is 0. The van der Waals surface area contributed by atoms with Crippen molar-refractivity contribution in [2.24, 2.45) is 7.05 Å². The molecule has 0 saturated heterocycles. The lowest BCUT2D eigenvalue weighted by Crippen LogP contribution is -2.39. The van der Waals surface area contributed by atoms with Crippen molar-refractivity contribution < 1.29 is 4.57 Å². The molecule has 164 valence electrons. The monoisotopic (exact) mass is 457 g/mol. The number of fused-ring (bicyclic) bond motifs is 4. The van der Waals surface area contributed by atoms with Crippen LogP contribution in [0.5, 0.6) is 0 Å². The highest BCUT2D eigenvalue weighted by Gasteiger charge is 2.44. The first-order chi connectivity index (χ1) is 16.6. The first-order valence-corrected chi connectivity index (χ1v) is 14.0. The minimum absolute atomic E-state index is 1.29. The fraction of sp³-hybridized carbons (Fsp3) is 0.0938. The van der Waals surface area contributed by atoms with Crippen molar-refractivity contribution in [2.75, 3.05) is 6.66 Å². The van der Waals surface area contributed by atoms with Crippen LogP contribution < -0.4 is 20.5 Å². The molecule has 6 rings (SSSR count). The summed E-state index contributed by atoms with van der Waals surface area (Å²) >= 11 is 0. The van der Waals surface area contributed by atoms with Crippen molar-refractivity contribution in [1.82, 2.24) is 0 Å². The second kappa shape index (κ2) is 8.05. The standard InChI is InChI=1S/C32H28NP/c1-23-12-10-13-24-20-21-26-22-25-14-11-19-29(31(25)33(2)32(26)30(23)24)34(3,27-15-6-4-7-16-27)28-17-8-5-9-18-28/h4-22H,1-3H3/q+2. The first kappa shape index (κ1) is 21.0. The number of para-hydroxylation sites is 1. The lowest BCUT2D eigenvalue weighted by Gasteiger charge is -2.23. The van der Waals surface area contributed by atoms with E-state index >= 15 is 0 Å². The van der Waals surface area contributed by atoms with Gasteiger partial charge in [-0.2, -0.15) is 4.57 Å². The van der Waals surface area contributed by atoms with Gasteiger partial charge in [0.05, 0.1) is 17.4 Å². The van der Waals surface area contributed by atoms with E-state index in [-0.39, 0.29) is 0 Å². The van der Waals surface area contributed by atoms with Gasteiger partial charge < -0.3 is 0 Å². The van der Waals surface area contributed by atoms with Crippen molar-refractivity contribution in [2.45, 2.75) is 6.92 Å². The number of nitrogens with zero attached hydrogens (tertiary/aromatic N) is 1. The SMILES string of the molecule is Cc1cccc2ccc3cc4cccc([P+](C)(c5ccccc5)c5ccccc5)c4[n+](C)c3c12. The predicted molar refractivity (Wildman–Crippen MR) is 150 cm³/mol. The van der Waals surface area contributed by atoms with E-state index in [2.05, 4.69) is 140 Å². The van der Waals surface area contributed by atoms with Crippen molar-refractivity contribution in [3.05, 3.63) is 121 Å². The predicted octanol–water partition coefficient (Wildman–Crippen LogP) is 6.20. The van der Waals surface area contributed by atoms with Crippen molar-refractivity contribution in [3.63, 3.8) is 0 Å². The van der Waals surface area contributed by atoms with Gasteiger partial charge in [-0.3, -0.25) is 0 Å². The van der Waals surface area contributed by atoms with E-state index in [1.54, 1.807) is 0 Å². The number of hydrogen-bond acceptors (Lipinski definition) is 0. The van der Waals surface area contributed by atoms with Crippen LogP contribution in [0.3, 0.4) is 0 Å². The lowest BCUT2D eigenvalue weighted by molar-refractivity contribution is -0.616. The molecule has 0 aliphatic carbocycles. The maximum absolute atomic E-state index is 2.48. The molecular weight excluding hydrogens is 429 g/mol. The minimum atomic E-state index is -1.87. The average Bonchev–Trinajstić information content (AvgIpc) is 2.89. The third kappa shape index (κ3) is 3.08. The molecule has 0 aliphatic heterocycles. The van der Waals surface area contributed by atoms with Crippen LogP contribution in [-0.4, -0.2) is 6.66 Å². The maximum atomic E-state index is 2.48. The van der Waals surface area contributed by atoms with Gasteiger partial charge in [-0.05, 0) is 66.4 Å². The summed E-state index contributed by atoms with van der Waals surface area (Å²) in [4.78, 5) is 0. The summed E-state index contributed by atoms with van der Waals surface area (Å²) in [6, 6.07) is 42.5. The van der Waals surface area contributed by atoms with Crippen LogP contribution in [0.1, 0.15) is 5.56 Å². The van der Waals surface area contributed by atoms with E-state index in [1.807, 2.05) is 0 Å². The van der Waals surface area contributed by atoms with Crippen LogP contribution in [0, 0.1) is 6.92 Å². The normalized spacial score (nSPS) is 12.0. The molecule has 6 aromatic rings. The molecule has 0 bridgehead atoms. The fourth-order valence-electron chi connectivity index (χ4n) is 5.58. The largest absolute Gasteiger partial charge is 0.256 e. The molecule has 1 nitrogen and oxygen atoms in total. The summed E-state index contributed by atoms with van der Waals surface area (Å²) in [5.74, 6) is 0. The second-order valence-corrected chi connectivity index (χ2v) is 12.8. The Morgan fingerprint density at radius 2 is 1.12 bits per heavy atom. The van der Waals surface area contributed by atoms with Gasteiger partial charge in [-0.15, -0.1) is 0 Å². The molecule has 1 heterocycles. The van der Waals surface area contributed by atoms with Crippen molar-refractivity contribution in [3.8, 4) is 0 Å². The van der Waals surface area contributed by atoms with Gasteiger partial charge in [0.1, 0.15) is 24.9 Å². The van der Waals surface area contributed by atoms with Gasteiger partial charge in [0.2, 0.25) is 5.52 Å². The number of rotatable bonds is 3. The van der Waals surface area contributed by atoms with Crippen LogP contribution in [-0.2, 0) is 7.05 Å². The molecule has 0 fully saturated rings. The molecule has 0 N–H and O–H groups in total. The highest BCUT2D eigenvalue weighted by atomic mass is 31.2. The summed E-state index contributed by atoms with van der Waals surface area (Å²) in [6.45, 7) is 4.70. The zero-order chi connectivity index (χ0) is 23.3. The van der Waals surface area contributed by atoms with Gasteiger partial charge in [0.15, 0.2) is 5.30 Å². The third-order valence-electron chi connectivity index (χ3n) is 7.31. The second-order valence-electron chi connectivity index (χ2n) is 9.27. The molecule has 0 spiro atoms. The molecule has 0 unspecified atom stereocenters. The molecule has 0 saturated carbocycles. The quantitative estimate of drug-likeness (QED) is 0.129. The molecule has 0 amide bonds. The molecule has 0 radical (unpaired) electrons. The molecule has 2 heteroatoms. The van der Waals surface area contributed by atoms with Gasteiger partial charge in [-0.25, -0.2) is 0 Å². The molecular formula is C32H28NP+2. The van der Waals surface area contributed by atoms with Crippen LogP contribution >= 0.6 is 7.26 Å². The third-order valence-corrected chi connectivity index (χ3v) is 11.3. The van der Waals surface area contributed by atoms with E-state index < -0.39 is 7.26 Å². The Balaban J connectivity index is 1.79. The smallest absolute Gasteiger partial charge is 0.190 e. The van der Waals surface area contributed by atoms with Crippen LogP contribution in [0.15, 0.2) is 115 Å². The number of aryl methyl sites for hydroxylation is 2. The Labute approximate surface area is 201 Å². The number of benzene rings is 5. The average molecular weight is 458 g/mol. The zero-order valence-corrected chi connectivity index (χ0v) is 20.8.